The van der Waals surface area contributed by atoms with Crippen molar-refractivity contribution in [3.8, 4) is 5.75 Å². The van der Waals surface area contributed by atoms with Crippen molar-refractivity contribution >= 4 is 34.9 Å². The molecule has 1 atom stereocenters. The Morgan fingerprint density at radius 1 is 1.16 bits per heavy atom. The number of imide groups is 1. The van der Waals surface area contributed by atoms with Crippen LogP contribution >= 0.6 is 11.8 Å². The lowest BCUT2D eigenvalue weighted by Crippen LogP contribution is -2.41. The lowest BCUT2D eigenvalue weighted by atomic mass is 10.1. The number of thioether (sulfide) groups is 1. The predicted octanol–water partition coefficient (Wildman–Crippen LogP) is 2.84. The maximum Gasteiger partial charge on any atom is 0.293 e. The van der Waals surface area contributed by atoms with Crippen LogP contribution in [-0.2, 0) is 16.0 Å². The molecule has 1 unspecified atom stereocenters. The number of hydrogen-bond acceptors (Lipinski definition) is 6. The molecule has 8 heteroatoms. The van der Waals surface area contributed by atoms with Gasteiger partial charge in [0.05, 0.1) is 24.7 Å². The van der Waals surface area contributed by atoms with Gasteiger partial charge in [0, 0.05) is 18.5 Å². The van der Waals surface area contributed by atoms with Gasteiger partial charge in [-0.1, -0.05) is 48.5 Å². The van der Waals surface area contributed by atoms with Gasteiger partial charge in [0.1, 0.15) is 5.75 Å². The van der Waals surface area contributed by atoms with Gasteiger partial charge in [0.2, 0.25) is 5.91 Å². The minimum absolute atomic E-state index is 0.0246. The average Bonchev–Trinajstić information content (AvgIpc) is 3.05. The number of nitrogens with zero attached hydrogens (tertiary/aromatic N) is 1. The first-order valence-electron chi connectivity index (χ1n) is 9.84. The van der Waals surface area contributed by atoms with E-state index in [9.17, 15) is 19.5 Å². The van der Waals surface area contributed by atoms with Gasteiger partial charge in [0.25, 0.3) is 11.1 Å². The summed E-state index contributed by atoms with van der Waals surface area (Å²) in [5, 5.41) is 11.9. The molecule has 0 radical (unpaired) electrons. The largest absolute Gasteiger partial charge is 0.496 e. The molecule has 31 heavy (non-hydrogen) atoms. The first-order chi connectivity index (χ1) is 15.0. The Labute approximate surface area is 185 Å². The second-order valence-electron chi connectivity index (χ2n) is 6.96. The third-order valence-corrected chi connectivity index (χ3v) is 5.68. The van der Waals surface area contributed by atoms with Gasteiger partial charge in [-0.05, 0) is 35.9 Å². The highest BCUT2D eigenvalue weighted by atomic mass is 32.2. The van der Waals surface area contributed by atoms with Crippen LogP contribution in [0, 0.1) is 0 Å². The van der Waals surface area contributed by atoms with E-state index in [1.54, 1.807) is 18.2 Å². The number of rotatable bonds is 9. The first-order valence-corrected chi connectivity index (χ1v) is 10.7. The van der Waals surface area contributed by atoms with Crippen LogP contribution in [0.5, 0.6) is 5.75 Å². The number of amides is 3. The molecule has 1 aliphatic rings. The van der Waals surface area contributed by atoms with Gasteiger partial charge in [0.15, 0.2) is 0 Å². The van der Waals surface area contributed by atoms with Gasteiger partial charge in [-0.3, -0.25) is 19.3 Å². The van der Waals surface area contributed by atoms with Crippen molar-refractivity contribution < 1.29 is 24.2 Å². The standard InChI is InChI=1S/C23H24N2O5S/c1-30-19-10-6-5-9-17(19)14-20-22(28)25(23(29)31-20)12-11-21(27)24-18(15-26)13-16-7-3-2-4-8-16/h2-10,14,18,26H,11-13,15H2,1H3,(H,24,27). The lowest BCUT2D eigenvalue weighted by Gasteiger charge is -2.18. The summed E-state index contributed by atoms with van der Waals surface area (Å²) in [6.07, 6.45) is 2.07. The van der Waals surface area contributed by atoms with Crippen molar-refractivity contribution in [3.05, 3.63) is 70.6 Å². The molecule has 3 rings (SSSR count). The zero-order valence-corrected chi connectivity index (χ0v) is 17.9. The van der Waals surface area contributed by atoms with Crippen LogP contribution in [-0.4, -0.2) is 53.4 Å². The van der Waals surface area contributed by atoms with Crippen LogP contribution in [0.15, 0.2) is 59.5 Å². The molecule has 1 saturated heterocycles. The van der Waals surface area contributed by atoms with E-state index < -0.39 is 17.2 Å². The molecule has 2 aromatic rings. The molecule has 1 aliphatic heterocycles. The van der Waals surface area contributed by atoms with Crippen molar-refractivity contribution in [1.29, 1.82) is 0 Å². The van der Waals surface area contributed by atoms with E-state index in [1.807, 2.05) is 42.5 Å². The Hall–Kier alpha value is -3.10. The molecule has 0 aliphatic carbocycles. The van der Waals surface area contributed by atoms with E-state index in [1.165, 1.54) is 7.11 Å². The second kappa shape index (κ2) is 10.8. The van der Waals surface area contributed by atoms with E-state index in [4.69, 9.17) is 4.74 Å². The summed E-state index contributed by atoms with van der Waals surface area (Å²) in [6, 6.07) is 16.3. The summed E-state index contributed by atoms with van der Waals surface area (Å²) in [6.45, 7) is -0.229. The number of aliphatic hydroxyl groups is 1. The SMILES string of the molecule is COc1ccccc1C=C1SC(=O)N(CCC(=O)NC(CO)Cc2ccccc2)C1=O. The monoisotopic (exact) mass is 440 g/mol. The number of carbonyl (C=O) groups is 3. The van der Waals surface area contributed by atoms with Crippen molar-refractivity contribution in [3.63, 3.8) is 0 Å². The highest BCUT2D eigenvalue weighted by Gasteiger charge is 2.35. The first kappa shape index (κ1) is 22.6. The van der Waals surface area contributed by atoms with E-state index in [-0.39, 0.29) is 30.4 Å². The minimum atomic E-state index is -0.435. The highest BCUT2D eigenvalue weighted by molar-refractivity contribution is 8.18. The lowest BCUT2D eigenvalue weighted by molar-refractivity contribution is -0.124. The Morgan fingerprint density at radius 3 is 2.58 bits per heavy atom. The Kier molecular flexibility index (Phi) is 7.86. The zero-order chi connectivity index (χ0) is 22.2. The maximum atomic E-state index is 12.7. The zero-order valence-electron chi connectivity index (χ0n) is 17.1. The number of nitrogens with one attached hydrogen (secondary N) is 1. The van der Waals surface area contributed by atoms with Crippen molar-refractivity contribution in [1.82, 2.24) is 10.2 Å². The number of ether oxygens (including phenoxy) is 1. The molecule has 1 heterocycles. The highest BCUT2D eigenvalue weighted by Crippen LogP contribution is 2.33. The second-order valence-corrected chi connectivity index (χ2v) is 7.96. The molecule has 0 spiro atoms. The molecular weight excluding hydrogens is 416 g/mol. The third kappa shape index (κ3) is 5.96. The molecule has 3 amide bonds. The molecule has 162 valence electrons. The minimum Gasteiger partial charge on any atom is -0.496 e. The van der Waals surface area contributed by atoms with Gasteiger partial charge in [-0.15, -0.1) is 0 Å². The van der Waals surface area contributed by atoms with Gasteiger partial charge < -0.3 is 15.2 Å². The Balaban J connectivity index is 1.57. The van der Waals surface area contributed by atoms with Gasteiger partial charge in [-0.2, -0.15) is 0 Å². The van der Waals surface area contributed by atoms with Crippen molar-refractivity contribution in [2.75, 3.05) is 20.3 Å². The molecule has 0 bridgehead atoms. The number of hydrogen-bond donors (Lipinski definition) is 2. The number of carbonyl (C=O) groups excluding carboxylic acids is 3. The van der Waals surface area contributed by atoms with Crippen LogP contribution in [0.25, 0.3) is 6.08 Å². The summed E-state index contributed by atoms with van der Waals surface area (Å²) in [5.41, 5.74) is 1.69. The number of para-hydroxylation sites is 1. The number of methoxy groups -OCH3 is 1. The normalized spacial score (nSPS) is 15.9. The fraction of sp³-hybridized carbons (Fsp3) is 0.261. The van der Waals surface area contributed by atoms with Crippen LogP contribution in [0.2, 0.25) is 0 Å². The van der Waals surface area contributed by atoms with E-state index >= 15 is 0 Å². The van der Waals surface area contributed by atoms with Crippen LogP contribution in [0.4, 0.5) is 4.79 Å². The summed E-state index contributed by atoms with van der Waals surface area (Å²) in [5.74, 6) is -0.165. The molecule has 2 aromatic carbocycles. The molecule has 7 nitrogen and oxygen atoms in total. The molecule has 2 N–H and O–H groups in total. The Morgan fingerprint density at radius 2 is 1.87 bits per heavy atom. The molecule has 1 fully saturated rings. The van der Waals surface area contributed by atoms with E-state index in [0.29, 0.717) is 17.7 Å². The van der Waals surface area contributed by atoms with Crippen molar-refractivity contribution in [2.45, 2.75) is 18.9 Å². The molecular formula is C23H24N2O5S. The Bertz CT molecular complexity index is 977. The molecule has 0 saturated carbocycles. The van der Waals surface area contributed by atoms with Crippen LogP contribution < -0.4 is 10.1 Å². The third-order valence-electron chi connectivity index (χ3n) is 4.77. The number of aliphatic hydroxyl groups excluding tert-OH is 1. The van der Waals surface area contributed by atoms with E-state index in [0.717, 1.165) is 22.2 Å². The fourth-order valence-electron chi connectivity index (χ4n) is 3.19. The van der Waals surface area contributed by atoms with Gasteiger partial charge in [-0.25, -0.2) is 0 Å². The predicted molar refractivity (Wildman–Crippen MR) is 119 cm³/mol. The number of benzene rings is 2. The summed E-state index contributed by atoms with van der Waals surface area (Å²) >= 11 is 0.839. The summed E-state index contributed by atoms with van der Waals surface area (Å²) < 4.78 is 5.28. The quantitative estimate of drug-likeness (QED) is 0.582. The summed E-state index contributed by atoms with van der Waals surface area (Å²) in [4.78, 5) is 38.6. The fourth-order valence-corrected chi connectivity index (χ4v) is 4.05. The molecule has 0 aromatic heterocycles. The van der Waals surface area contributed by atoms with Gasteiger partial charge >= 0.3 is 0 Å². The average molecular weight is 441 g/mol. The smallest absolute Gasteiger partial charge is 0.293 e. The van der Waals surface area contributed by atoms with Crippen molar-refractivity contribution in [2.24, 2.45) is 0 Å². The summed E-state index contributed by atoms with van der Waals surface area (Å²) in [7, 11) is 1.54. The van der Waals surface area contributed by atoms with E-state index in [2.05, 4.69) is 5.32 Å². The topological polar surface area (TPSA) is 95.9 Å². The maximum absolute atomic E-state index is 12.7. The van der Waals surface area contributed by atoms with Crippen LogP contribution in [0.3, 0.4) is 0 Å². The van der Waals surface area contributed by atoms with Crippen LogP contribution in [0.1, 0.15) is 17.5 Å².